The number of carbonyl (C=O) groups excluding carboxylic acids is 1. The number of benzene rings is 2. The van der Waals surface area contributed by atoms with Gasteiger partial charge in [0.25, 0.3) is 0 Å². The van der Waals surface area contributed by atoms with Gasteiger partial charge in [0.05, 0.1) is 30.9 Å². The topological polar surface area (TPSA) is 91.0 Å². The standard InChI is InChI=1S/C21H17N3O3/c1-27-19-9-7-16(8-10-19)20-18(11-17(12-22)21(25)26)14-24(23-20)13-15-5-3-2-4-6-15/h2-11,14H,13H2,1H3,(H,25,26)/p-1/b17-11+. The van der Waals surface area contributed by atoms with Crippen LogP contribution in [0.1, 0.15) is 11.1 Å². The van der Waals surface area contributed by atoms with Gasteiger partial charge in [-0.1, -0.05) is 30.3 Å². The van der Waals surface area contributed by atoms with Gasteiger partial charge in [-0.2, -0.15) is 10.4 Å². The Bertz CT molecular complexity index is 1010. The molecule has 0 bridgehead atoms. The molecule has 6 nitrogen and oxygen atoms in total. The molecule has 0 radical (unpaired) electrons. The maximum Gasteiger partial charge on any atom is 0.118 e. The third kappa shape index (κ3) is 4.22. The second-order valence-corrected chi connectivity index (χ2v) is 5.80. The highest BCUT2D eigenvalue weighted by molar-refractivity contribution is 5.96. The molecule has 3 aromatic rings. The maximum absolute atomic E-state index is 11.1. The van der Waals surface area contributed by atoms with E-state index in [4.69, 9.17) is 10.00 Å². The van der Waals surface area contributed by atoms with E-state index < -0.39 is 11.5 Å². The summed E-state index contributed by atoms with van der Waals surface area (Å²) >= 11 is 0. The van der Waals surface area contributed by atoms with Gasteiger partial charge in [0.2, 0.25) is 0 Å². The number of nitrogens with zero attached hydrogens (tertiary/aromatic N) is 3. The van der Waals surface area contributed by atoms with Gasteiger partial charge in [0.15, 0.2) is 0 Å². The molecule has 0 aliphatic rings. The Labute approximate surface area is 156 Å². The Morgan fingerprint density at radius 1 is 1.22 bits per heavy atom. The van der Waals surface area contributed by atoms with E-state index in [2.05, 4.69) is 5.10 Å². The highest BCUT2D eigenvalue weighted by Crippen LogP contribution is 2.26. The summed E-state index contributed by atoms with van der Waals surface area (Å²) in [7, 11) is 1.58. The fourth-order valence-electron chi connectivity index (χ4n) is 2.66. The molecule has 0 aliphatic carbocycles. The molecular weight excluding hydrogens is 342 g/mol. The summed E-state index contributed by atoms with van der Waals surface area (Å²) in [5.74, 6) is -0.819. The van der Waals surface area contributed by atoms with E-state index in [1.165, 1.54) is 6.08 Å². The number of rotatable bonds is 6. The van der Waals surface area contributed by atoms with Gasteiger partial charge in [0, 0.05) is 17.3 Å². The van der Waals surface area contributed by atoms with Crippen LogP contribution in [0.3, 0.4) is 0 Å². The first-order valence-electron chi connectivity index (χ1n) is 8.19. The first-order chi connectivity index (χ1) is 13.1. The number of carboxylic acids is 1. The van der Waals surface area contributed by atoms with Crippen LogP contribution in [-0.4, -0.2) is 22.9 Å². The van der Waals surface area contributed by atoms with E-state index >= 15 is 0 Å². The lowest BCUT2D eigenvalue weighted by Gasteiger charge is -2.03. The monoisotopic (exact) mass is 358 g/mol. The van der Waals surface area contributed by atoms with Crippen LogP contribution in [0.2, 0.25) is 0 Å². The highest BCUT2D eigenvalue weighted by Gasteiger charge is 2.12. The summed E-state index contributed by atoms with van der Waals surface area (Å²) < 4.78 is 6.88. The number of nitriles is 1. The molecule has 6 heteroatoms. The lowest BCUT2D eigenvalue weighted by Crippen LogP contribution is -2.23. The molecule has 27 heavy (non-hydrogen) atoms. The Morgan fingerprint density at radius 3 is 2.52 bits per heavy atom. The van der Waals surface area contributed by atoms with Crippen molar-refractivity contribution in [2.45, 2.75) is 6.54 Å². The fourth-order valence-corrected chi connectivity index (χ4v) is 2.66. The summed E-state index contributed by atoms with van der Waals surface area (Å²) in [6.45, 7) is 0.519. The predicted octanol–water partition coefficient (Wildman–Crippen LogP) is 2.26. The normalized spacial score (nSPS) is 11.0. The summed E-state index contributed by atoms with van der Waals surface area (Å²) in [5, 5.41) is 24.8. The SMILES string of the molecule is COc1ccc(-c2nn(Cc3ccccc3)cc2/C=C(\C#N)C(=O)[O-])cc1. The lowest BCUT2D eigenvalue weighted by molar-refractivity contribution is -0.298. The van der Waals surface area contributed by atoms with E-state index in [0.717, 1.165) is 11.1 Å². The van der Waals surface area contributed by atoms with Crippen LogP contribution in [0, 0.1) is 11.3 Å². The molecule has 134 valence electrons. The van der Waals surface area contributed by atoms with E-state index in [9.17, 15) is 9.90 Å². The number of carbonyl (C=O) groups is 1. The van der Waals surface area contributed by atoms with Crippen molar-refractivity contribution in [3.63, 3.8) is 0 Å². The average Bonchev–Trinajstić information content (AvgIpc) is 3.09. The molecule has 1 heterocycles. The van der Waals surface area contributed by atoms with Crippen molar-refractivity contribution in [2.24, 2.45) is 0 Å². The molecule has 0 fully saturated rings. The molecule has 0 N–H and O–H groups in total. The fraction of sp³-hybridized carbons (Fsp3) is 0.0952. The van der Waals surface area contributed by atoms with Crippen molar-refractivity contribution in [2.75, 3.05) is 7.11 Å². The molecule has 3 rings (SSSR count). The number of aliphatic carboxylic acids is 1. The van der Waals surface area contributed by atoms with Crippen LogP contribution in [0.15, 0.2) is 66.4 Å². The van der Waals surface area contributed by atoms with Gasteiger partial charge in [-0.25, -0.2) is 0 Å². The first kappa shape index (κ1) is 18.0. The minimum atomic E-state index is -1.52. The Morgan fingerprint density at radius 2 is 1.93 bits per heavy atom. The van der Waals surface area contributed by atoms with Gasteiger partial charge in [0.1, 0.15) is 11.8 Å². The van der Waals surface area contributed by atoms with Crippen LogP contribution in [0.25, 0.3) is 17.3 Å². The number of aromatic nitrogens is 2. The molecule has 0 unspecified atom stereocenters. The molecule has 0 amide bonds. The third-order valence-electron chi connectivity index (χ3n) is 3.98. The van der Waals surface area contributed by atoms with Crippen LogP contribution in [0.5, 0.6) is 5.75 Å². The van der Waals surface area contributed by atoms with E-state index in [1.807, 2.05) is 42.5 Å². The lowest BCUT2D eigenvalue weighted by atomic mass is 10.1. The highest BCUT2D eigenvalue weighted by atomic mass is 16.5. The molecule has 0 spiro atoms. The van der Waals surface area contributed by atoms with Crippen LogP contribution in [0.4, 0.5) is 0 Å². The Balaban J connectivity index is 2.05. The zero-order chi connectivity index (χ0) is 19.2. The van der Waals surface area contributed by atoms with Gasteiger partial charge in [-0.05, 0) is 35.9 Å². The van der Waals surface area contributed by atoms with Crippen molar-refractivity contribution in [1.82, 2.24) is 9.78 Å². The maximum atomic E-state index is 11.1. The van der Waals surface area contributed by atoms with Crippen LogP contribution < -0.4 is 9.84 Å². The minimum Gasteiger partial charge on any atom is -0.544 e. The Kier molecular flexibility index (Phi) is 5.33. The van der Waals surface area contributed by atoms with Crippen molar-refractivity contribution in [1.29, 1.82) is 5.26 Å². The van der Waals surface area contributed by atoms with Crippen molar-refractivity contribution < 1.29 is 14.6 Å². The second-order valence-electron chi connectivity index (χ2n) is 5.80. The van der Waals surface area contributed by atoms with E-state index in [-0.39, 0.29) is 0 Å². The molecule has 0 aliphatic heterocycles. The molecule has 0 saturated heterocycles. The zero-order valence-corrected chi connectivity index (χ0v) is 14.6. The van der Waals surface area contributed by atoms with E-state index in [1.54, 1.807) is 36.2 Å². The van der Waals surface area contributed by atoms with Crippen LogP contribution >= 0.6 is 0 Å². The van der Waals surface area contributed by atoms with Gasteiger partial charge in [-0.3, -0.25) is 4.68 Å². The number of hydrogen-bond donors (Lipinski definition) is 0. The summed E-state index contributed by atoms with van der Waals surface area (Å²) in [5.41, 5.74) is 2.48. The molecule has 2 aromatic carbocycles. The summed E-state index contributed by atoms with van der Waals surface area (Å²) in [6.07, 6.45) is 3.00. The largest absolute Gasteiger partial charge is 0.544 e. The Hall–Kier alpha value is -3.85. The minimum absolute atomic E-state index is 0.455. The zero-order valence-electron chi connectivity index (χ0n) is 14.6. The van der Waals surface area contributed by atoms with Crippen molar-refractivity contribution in [3.05, 3.63) is 77.5 Å². The van der Waals surface area contributed by atoms with Crippen molar-refractivity contribution >= 4 is 12.0 Å². The second kappa shape index (κ2) is 8.02. The van der Waals surface area contributed by atoms with Crippen molar-refractivity contribution in [3.8, 4) is 23.1 Å². The van der Waals surface area contributed by atoms with Crippen LogP contribution in [-0.2, 0) is 11.3 Å². The smallest absolute Gasteiger partial charge is 0.118 e. The first-order valence-corrected chi connectivity index (χ1v) is 8.19. The number of methoxy groups -OCH3 is 1. The van der Waals surface area contributed by atoms with Gasteiger partial charge < -0.3 is 14.6 Å². The van der Waals surface area contributed by atoms with Gasteiger partial charge >= 0.3 is 0 Å². The predicted molar refractivity (Wildman–Crippen MR) is 98.4 cm³/mol. The average molecular weight is 358 g/mol. The number of carboxylic acid groups (broad SMARTS) is 1. The molecule has 0 atom stereocenters. The molecule has 1 aromatic heterocycles. The molecular formula is C21H16N3O3-. The summed E-state index contributed by atoms with van der Waals surface area (Å²) in [4.78, 5) is 11.1. The number of ether oxygens (including phenoxy) is 1. The van der Waals surface area contributed by atoms with Gasteiger partial charge in [-0.15, -0.1) is 0 Å². The molecule has 0 saturated carbocycles. The summed E-state index contributed by atoms with van der Waals surface area (Å²) in [6, 6.07) is 18.7. The van der Waals surface area contributed by atoms with E-state index in [0.29, 0.717) is 23.6 Å². The number of hydrogen-bond acceptors (Lipinski definition) is 5. The quantitative estimate of drug-likeness (QED) is 0.498. The third-order valence-corrected chi connectivity index (χ3v) is 3.98.